The number of likely N-dealkylation sites (N-methyl/N-ethyl adjacent to an activating group) is 1. The molecule has 0 aromatic heterocycles. The summed E-state index contributed by atoms with van der Waals surface area (Å²) in [5.74, 6) is 0.935. The Morgan fingerprint density at radius 3 is 2.53 bits per heavy atom. The van der Waals surface area contributed by atoms with Gasteiger partial charge >= 0.3 is 0 Å². The van der Waals surface area contributed by atoms with Crippen molar-refractivity contribution < 1.29 is 22.7 Å². The van der Waals surface area contributed by atoms with E-state index in [-0.39, 0.29) is 23.4 Å². The molecule has 1 atom stereocenters. The number of aryl methyl sites for hydroxylation is 1. The number of benzene rings is 2. The van der Waals surface area contributed by atoms with E-state index in [1.54, 1.807) is 12.1 Å². The van der Waals surface area contributed by atoms with Crippen molar-refractivity contribution in [2.24, 2.45) is 0 Å². The molecular formula is C22H28N2O5S. The third-order valence-electron chi connectivity index (χ3n) is 5.10. The highest BCUT2D eigenvalue weighted by Crippen LogP contribution is 2.39. The summed E-state index contributed by atoms with van der Waals surface area (Å²) in [5.41, 5.74) is 1.52. The van der Waals surface area contributed by atoms with Crippen molar-refractivity contribution in [3.63, 3.8) is 0 Å². The van der Waals surface area contributed by atoms with Gasteiger partial charge < -0.3 is 14.8 Å². The Kier molecular flexibility index (Phi) is 6.10. The number of carbonyl (C=O) groups excluding carboxylic acids is 1. The van der Waals surface area contributed by atoms with Gasteiger partial charge in [0.1, 0.15) is 17.1 Å². The molecule has 0 saturated carbocycles. The first kappa shape index (κ1) is 22.1. The zero-order valence-corrected chi connectivity index (χ0v) is 18.7. The van der Waals surface area contributed by atoms with Gasteiger partial charge in [0.05, 0.1) is 24.6 Å². The predicted octanol–water partition coefficient (Wildman–Crippen LogP) is 3.04. The summed E-state index contributed by atoms with van der Waals surface area (Å²) in [5, 5.41) is 2.98. The van der Waals surface area contributed by atoms with E-state index in [0.717, 1.165) is 21.2 Å². The number of ether oxygens (including phenoxy) is 2. The number of nitrogens with one attached hydrogen (secondary N) is 1. The highest BCUT2D eigenvalue weighted by atomic mass is 32.2. The fourth-order valence-corrected chi connectivity index (χ4v) is 4.67. The van der Waals surface area contributed by atoms with Gasteiger partial charge in [-0.1, -0.05) is 12.1 Å². The Morgan fingerprint density at radius 1 is 1.23 bits per heavy atom. The van der Waals surface area contributed by atoms with Crippen LogP contribution in [0.5, 0.6) is 11.5 Å². The predicted molar refractivity (Wildman–Crippen MR) is 114 cm³/mol. The molecule has 3 rings (SSSR count). The number of sulfonamides is 1. The second-order valence-corrected chi connectivity index (χ2v) is 10.2. The largest absolute Gasteiger partial charge is 0.497 e. The van der Waals surface area contributed by atoms with E-state index in [1.807, 2.05) is 39.0 Å². The summed E-state index contributed by atoms with van der Waals surface area (Å²) in [6.45, 7) is 5.64. The Hall–Kier alpha value is -2.58. The zero-order chi connectivity index (χ0) is 22.1. The van der Waals surface area contributed by atoms with E-state index >= 15 is 0 Å². The van der Waals surface area contributed by atoms with Crippen molar-refractivity contribution in [2.45, 2.75) is 43.7 Å². The van der Waals surface area contributed by atoms with Gasteiger partial charge in [0.2, 0.25) is 15.9 Å². The number of hydrogen-bond acceptors (Lipinski definition) is 5. The minimum Gasteiger partial charge on any atom is -0.497 e. The van der Waals surface area contributed by atoms with Crippen molar-refractivity contribution in [1.82, 2.24) is 9.62 Å². The third-order valence-corrected chi connectivity index (χ3v) is 6.91. The van der Waals surface area contributed by atoms with Gasteiger partial charge in [-0.3, -0.25) is 4.79 Å². The summed E-state index contributed by atoms with van der Waals surface area (Å²) < 4.78 is 37.7. The Balaban J connectivity index is 1.73. The van der Waals surface area contributed by atoms with Gasteiger partial charge in [0.15, 0.2) is 0 Å². The van der Waals surface area contributed by atoms with E-state index < -0.39 is 15.6 Å². The van der Waals surface area contributed by atoms with E-state index in [4.69, 9.17) is 9.47 Å². The lowest BCUT2D eigenvalue weighted by atomic mass is 9.89. The standard InChI is InChI=1S/C22H28N2O5S/c1-15-6-11-18-19(13-22(2,3)29-20(18)12-15)23-21(25)14-24(4)30(26,27)17-9-7-16(28-5)8-10-17/h6-12,19H,13-14H2,1-5H3,(H,23,25). The molecule has 7 nitrogen and oxygen atoms in total. The third kappa shape index (κ3) is 4.76. The first-order valence-electron chi connectivity index (χ1n) is 9.71. The number of amides is 1. The number of rotatable bonds is 6. The van der Waals surface area contributed by atoms with Crippen molar-refractivity contribution in [3.8, 4) is 11.5 Å². The van der Waals surface area contributed by atoms with Crippen molar-refractivity contribution in [3.05, 3.63) is 53.6 Å². The normalized spacial score (nSPS) is 17.7. The molecule has 0 fully saturated rings. The average molecular weight is 433 g/mol. The highest BCUT2D eigenvalue weighted by molar-refractivity contribution is 7.89. The second kappa shape index (κ2) is 8.28. The SMILES string of the molecule is COc1ccc(S(=O)(=O)N(C)CC(=O)NC2CC(C)(C)Oc3cc(C)ccc32)cc1. The molecule has 2 aromatic rings. The van der Waals surface area contributed by atoms with Crippen molar-refractivity contribution >= 4 is 15.9 Å². The lowest BCUT2D eigenvalue weighted by Crippen LogP contribution is -2.44. The van der Waals surface area contributed by atoms with Gasteiger partial charge in [0, 0.05) is 19.0 Å². The molecule has 1 aliphatic heterocycles. The fourth-order valence-electron chi connectivity index (χ4n) is 3.54. The van der Waals surface area contributed by atoms with Crippen LogP contribution in [0.2, 0.25) is 0 Å². The fraction of sp³-hybridized carbons (Fsp3) is 0.409. The first-order valence-corrected chi connectivity index (χ1v) is 11.2. The maximum absolute atomic E-state index is 12.8. The molecular weight excluding hydrogens is 404 g/mol. The van der Waals surface area contributed by atoms with Crippen LogP contribution < -0.4 is 14.8 Å². The van der Waals surface area contributed by atoms with Crippen LogP contribution in [0.25, 0.3) is 0 Å². The van der Waals surface area contributed by atoms with Crippen LogP contribution in [0.1, 0.15) is 37.4 Å². The Bertz CT molecular complexity index is 1030. The molecule has 1 unspecified atom stereocenters. The second-order valence-electron chi connectivity index (χ2n) is 8.16. The van der Waals surface area contributed by atoms with Gasteiger partial charge in [-0.25, -0.2) is 8.42 Å². The topological polar surface area (TPSA) is 84.9 Å². The van der Waals surface area contributed by atoms with Gasteiger partial charge in [-0.2, -0.15) is 4.31 Å². The number of nitrogens with zero attached hydrogens (tertiary/aromatic N) is 1. The van der Waals surface area contributed by atoms with Gasteiger partial charge in [-0.15, -0.1) is 0 Å². The minimum absolute atomic E-state index is 0.103. The summed E-state index contributed by atoms with van der Waals surface area (Å²) in [6, 6.07) is 11.7. The molecule has 162 valence electrons. The molecule has 0 saturated heterocycles. The maximum Gasteiger partial charge on any atom is 0.243 e. The minimum atomic E-state index is -3.80. The zero-order valence-electron chi connectivity index (χ0n) is 17.9. The molecule has 0 bridgehead atoms. The lowest BCUT2D eigenvalue weighted by molar-refractivity contribution is -0.122. The van der Waals surface area contributed by atoms with Gasteiger partial charge in [-0.05, 0) is 56.7 Å². The van der Waals surface area contributed by atoms with E-state index in [2.05, 4.69) is 5.32 Å². The summed E-state index contributed by atoms with van der Waals surface area (Å²) in [7, 11) is -0.892. The van der Waals surface area contributed by atoms with E-state index in [1.165, 1.54) is 26.3 Å². The van der Waals surface area contributed by atoms with E-state index in [9.17, 15) is 13.2 Å². The molecule has 1 heterocycles. The lowest BCUT2D eigenvalue weighted by Gasteiger charge is -2.38. The molecule has 0 spiro atoms. The number of hydrogen-bond donors (Lipinski definition) is 1. The van der Waals surface area contributed by atoms with Crippen LogP contribution in [-0.4, -0.2) is 44.9 Å². The Labute approximate surface area is 178 Å². The number of carbonyl (C=O) groups is 1. The highest BCUT2D eigenvalue weighted by Gasteiger charge is 2.35. The summed E-state index contributed by atoms with van der Waals surface area (Å²) in [4.78, 5) is 12.8. The van der Waals surface area contributed by atoms with Crippen LogP contribution in [0.4, 0.5) is 0 Å². The monoisotopic (exact) mass is 432 g/mol. The molecule has 1 amide bonds. The molecule has 1 N–H and O–H groups in total. The van der Waals surface area contributed by atoms with Crippen LogP contribution in [-0.2, 0) is 14.8 Å². The quantitative estimate of drug-likeness (QED) is 0.758. The summed E-state index contributed by atoms with van der Waals surface area (Å²) in [6.07, 6.45) is 0.587. The first-order chi connectivity index (χ1) is 14.0. The molecule has 1 aliphatic rings. The van der Waals surface area contributed by atoms with Crippen LogP contribution >= 0.6 is 0 Å². The van der Waals surface area contributed by atoms with Crippen LogP contribution in [0.3, 0.4) is 0 Å². The molecule has 8 heteroatoms. The molecule has 0 radical (unpaired) electrons. The Morgan fingerprint density at radius 2 is 1.90 bits per heavy atom. The van der Waals surface area contributed by atoms with E-state index in [0.29, 0.717) is 12.2 Å². The number of fused-ring (bicyclic) bond motifs is 1. The average Bonchev–Trinajstić information content (AvgIpc) is 2.66. The summed E-state index contributed by atoms with van der Waals surface area (Å²) >= 11 is 0. The molecule has 2 aromatic carbocycles. The number of methoxy groups -OCH3 is 1. The van der Waals surface area contributed by atoms with Crippen LogP contribution in [0.15, 0.2) is 47.4 Å². The van der Waals surface area contributed by atoms with Crippen molar-refractivity contribution in [1.29, 1.82) is 0 Å². The van der Waals surface area contributed by atoms with Crippen molar-refractivity contribution in [2.75, 3.05) is 20.7 Å². The van der Waals surface area contributed by atoms with Crippen LogP contribution in [0, 0.1) is 6.92 Å². The van der Waals surface area contributed by atoms with Gasteiger partial charge in [0.25, 0.3) is 0 Å². The maximum atomic E-state index is 12.8. The molecule has 0 aliphatic carbocycles. The smallest absolute Gasteiger partial charge is 0.243 e. The molecule has 30 heavy (non-hydrogen) atoms.